The van der Waals surface area contributed by atoms with Gasteiger partial charge in [-0.3, -0.25) is 23.4 Å². The van der Waals surface area contributed by atoms with E-state index in [9.17, 15) is 18.0 Å². The molecule has 1 N–H and O–H groups in total. The second-order valence-electron chi connectivity index (χ2n) is 7.58. The van der Waals surface area contributed by atoms with Crippen molar-refractivity contribution in [3.8, 4) is 0 Å². The summed E-state index contributed by atoms with van der Waals surface area (Å²) in [6.07, 6.45) is 0. The van der Waals surface area contributed by atoms with Crippen molar-refractivity contribution in [1.29, 1.82) is 0 Å². The van der Waals surface area contributed by atoms with E-state index in [4.69, 9.17) is 11.6 Å². The van der Waals surface area contributed by atoms with E-state index in [0.29, 0.717) is 38.7 Å². The third kappa shape index (κ3) is 4.07. The Morgan fingerprint density at radius 2 is 1.53 bits per heavy atom. The smallest absolute Gasteiger partial charge is 0.299 e. The molecule has 0 saturated carbocycles. The lowest BCUT2D eigenvalue weighted by molar-refractivity contribution is 0.601. The van der Waals surface area contributed by atoms with Crippen LogP contribution < -0.4 is 14.5 Å². The van der Waals surface area contributed by atoms with Crippen molar-refractivity contribution in [2.45, 2.75) is 24.9 Å². The lowest BCUT2D eigenvalue weighted by atomic mass is 10.2. The number of fused-ring (bicyclic) bond motifs is 2. The molecule has 0 atom stereocenters. The van der Waals surface area contributed by atoms with Gasteiger partial charge < -0.3 is 0 Å². The van der Waals surface area contributed by atoms with Gasteiger partial charge in [0.15, 0.2) is 0 Å². The first-order valence-electron chi connectivity index (χ1n) is 10.3. The molecule has 0 saturated heterocycles. The van der Waals surface area contributed by atoms with Gasteiger partial charge in [-0.25, -0.2) is 8.42 Å². The van der Waals surface area contributed by atoms with Crippen LogP contribution in [0.25, 0.3) is 20.4 Å². The zero-order valence-electron chi connectivity index (χ0n) is 17.8. The van der Waals surface area contributed by atoms with E-state index in [-0.39, 0.29) is 14.6 Å². The molecule has 174 valence electrons. The van der Waals surface area contributed by atoms with E-state index in [2.05, 4.69) is 4.72 Å². The van der Waals surface area contributed by atoms with Gasteiger partial charge in [0, 0.05) is 11.6 Å². The number of sulfonamides is 1. The Kier molecular flexibility index (Phi) is 5.85. The maximum Gasteiger partial charge on any atom is 0.308 e. The van der Waals surface area contributed by atoms with E-state index in [1.54, 1.807) is 39.5 Å². The molecule has 5 rings (SSSR count). The second kappa shape index (κ2) is 8.70. The maximum absolute atomic E-state index is 13.1. The molecule has 0 spiro atoms. The number of halogens is 1. The van der Waals surface area contributed by atoms with Gasteiger partial charge in [-0.05, 0) is 55.0 Å². The van der Waals surface area contributed by atoms with Gasteiger partial charge in [0.2, 0.25) is 0 Å². The molecule has 11 heteroatoms. The molecule has 0 amide bonds. The molecule has 0 bridgehead atoms. The number of rotatable bonds is 6. The van der Waals surface area contributed by atoms with Crippen molar-refractivity contribution in [2.75, 3.05) is 4.72 Å². The third-order valence-corrected chi connectivity index (χ3v) is 9.10. The summed E-state index contributed by atoms with van der Waals surface area (Å²) < 4.78 is 33.2. The quantitative estimate of drug-likeness (QED) is 0.335. The zero-order chi connectivity index (χ0) is 24.0. The highest BCUT2D eigenvalue weighted by atomic mass is 35.5. The second-order valence-corrected chi connectivity index (χ2v) is 11.7. The van der Waals surface area contributed by atoms with Crippen molar-refractivity contribution >= 4 is 70.4 Å². The molecule has 0 aliphatic rings. The molecule has 0 aliphatic heterocycles. The van der Waals surface area contributed by atoms with Crippen molar-refractivity contribution in [3.05, 3.63) is 90.6 Å². The average Bonchev–Trinajstić information content (AvgIpc) is 3.28. The summed E-state index contributed by atoms with van der Waals surface area (Å²) in [5.41, 5.74) is 2.58. The Balaban J connectivity index is 1.48. The first kappa shape index (κ1) is 22.9. The van der Waals surface area contributed by atoms with Gasteiger partial charge in [-0.1, -0.05) is 52.5 Å². The maximum atomic E-state index is 13.1. The molecule has 0 fully saturated rings. The molecule has 0 radical (unpaired) electrons. The number of hydrogen-bond donors (Lipinski definition) is 1. The normalized spacial score (nSPS) is 11.9. The summed E-state index contributed by atoms with van der Waals surface area (Å²) >= 11 is 8.30. The fraction of sp³-hybridized carbons (Fsp3) is 0.130. The number of hydrogen-bond acceptors (Lipinski definition) is 6. The highest BCUT2D eigenvalue weighted by Gasteiger charge is 2.18. The van der Waals surface area contributed by atoms with Crippen molar-refractivity contribution in [1.82, 2.24) is 9.13 Å². The summed E-state index contributed by atoms with van der Waals surface area (Å²) in [5.74, 6) is 0. The largest absolute Gasteiger partial charge is 0.308 e. The average molecular weight is 532 g/mol. The topological polar surface area (TPSA) is 90.2 Å². The Morgan fingerprint density at radius 3 is 2.26 bits per heavy atom. The molecule has 2 aromatic heterocycles. The summed E-state index contributed by atoms with van der Waals surface area (Å²) in [6, 6.07) is 16.9. The van der Waals surface area contributed by atoms with Gasteiger partial charge >= 0.3 is 9.75 Å². The van der Waals surface area contributed by atoms with Gasteiger partial charge in [0.1, 0.15) is 0 Å². The summed E-state index contributed by atoms with van der Waals surface area (Å²) in [6.45, 7) is 2.72. The minimum Gasteiger partial charge on any atom is -0.299 e. The summed E-state index contributed by atoms with van der Waals surface area (Å²) in [5, 5.41) is 0.563. The fourth-order valence-corrected chi connectivity index (χ4v) is 7.07. The van der Waals surface area contributed by atoms with Gasteiger partial charge in [-0.15, -0.1) is 0 Å². The zero-order valence-corrected chi connectivity index (χ0v) is 21.0. The van der Waals surface area contributed by atoms with Crippen LogP contribution in [0, 0.1) is 0 Å². The number of benzene rings is 3. The molecule has 34 heavy (non-hydrogen) atoms. The van der Waals surface area contributed by atoms with Crippen LogP contribution in [0.4, 0.5) is 5.69 Å². The molecule has 7 nitrogen and oxygen atoms in total. The molecular formula is C23H18ClN3O4S3. The fourth-order valence-electron chi connectivity index (χ4n) is 3.80. The lowest BCUT2D eigenvalue weighted by Crippen LogP contribution is -2.14. The summed E-state index contributed by atoms with van der Waals surface area (Å²) in [4.78, 5) is 24.5. The number of thiazole rings is 2. The van der Waals surface area contributed by atoms with Crippen LogP contribution in [0.3, 0.4) is 0 Å². The Morgan fingerprint density at radius 1 is 0.882 bits per heavy atom. The summed E-state index contributed by atoms with van der Waals surface area (Å²) in [7, 11) is -3.91. The Hall–Kier alpha value is -2.92. The van der Waals surface area contributed by atoms with Crippen LogP contribution in [-0.2, 0) is 23.1 Å². The van der Waals surface area contributed by atoms with Crippen molar-refractivity contribution < 1.29 is 8.42 Å². The number of aryl methyl sites for hydroxylation is 1. The highest BCUT2D eigenvalue weighted by Crippen LogP contribution is 2.27. The van der Waals surface area contributed by atoms with Crippen molar-refractivity contribution in [3.63, 3.8) is 0 Å². The van der Waals surface area contributed by atoms with Gasteiger partial charge in [0.25, 0.3) is 10.0 Å². The van der Waals surface area contributed by atoms with Crippen LogP contribution in [0.2, 0.25) is 5.02 Å². The first-order valence-corrected chi connectivity index (χ1v) is 13.8. The molecular weight excluding hydrogens is 514 g/mol. The molecule has 0 unspecified atom stereocenters. The molecule has 0 aliphatic carbocycles. The molecule has 2 heterocycles. The lowest BCUT2D eigenvalue weighted by Gasteiger charge is -2.09. The van der Waals surface area contributed by atoms with Gasteiger partial charge in [-0.2, -0.15) is 0 Å². The number of nitrogens with zero attached hydrogens (tertiary/aromatic N) is 2. The van der Waals surface area contributed by atoms with Crippen LogP contribution in [0.15, 0.2) is 75.1 Å². The number of aromatic nitrogens is 2. The highest BCUT2D eigenvalue weighted by molar-refractivity contribution is 7.92. The van der Waals surface area contributed by atoms with Crippen LogP contribution in [-0.4, -0.2) is 17.6 Å². The standard InChI is InChI=1S/C23H18ClN3O4S3/c1-2-26-18-9-7-15(11-20(18)32-22(26)28)25-34(30,31)16-8-10-19-21(12-16)33-23(29)27(19)13-14-5-3-4-6-17(14)24/h3-12,25H,2,13H2,1H3. The van der Waals surface area contributed by atoms with E-state index in [1.165, 1.54) is 12.1 Å². The first-order chi connectivity index (χ1) is 16.3. The predicted octanol–water partition coefficient (Wildman–Crippen LogP) is 4.96. The number of nitrogens with one attached hydrogen (secondary N) is 1. The predicted molar refractivity (Wildman–Crippen MR) is 139 cm³/mol. The molecule has 3 aromatic carbocycles. The van der Waals surface area contributed by atoms with Crippen LogP contribution >= 0.6 is 34.3 Å². The Bertz CT molecular complexity index is 1780. The van der Waals surface area contributed by atoms with E-state index < -0.39 is 10.0 Å². The third-order valence-electron chi connectivity index (χ3n) is 5.47. The molecule has 5 aromatic rings. The van der Waals surface area contributed by atoms with Gasteiger partial charge in [0.05, 0.1) is 37.6 Å². The minimum absolute atomic E-state index is 0.0468. The number of anilines is 1. The van der Waals surface area contributed by atoms with Crippen LogP contribution in [0.5, 0.6) is 0 Å². The monoisotopic (exact) mass is 531 g/mol. The van der Waals surface area contributed by atoms with E-state index >= 15 is 0 Å². The van der Waals surface area contributed by atoms with E-state index in [0.717, 1.165) is 33.8 Å². The minimum atomic E-state index is -3.91. The van der Waals surface area contributed by atoms with Crippen LogP contribution in [0.1, 0.15) is 12.5 Å². The Labute approximate surface area is 207 Å². The van der Waals surface area contributed by atoms with Crippen molar-refractivity contribution in [2.24, 2.45) is 0 Å². The SMILES string of the molecule is CCn1c(=O)sc2cc(NS(=O)(=O)c3ccc4c(c3)sc(=O)n4Cc3ccccc3Cl)ccc21. The van der Waals surface area contributed by atoms with E-state index in [1.807, 2.05) is 25.1 Å².